The lowest BCUT2D eigenvalue weighted by molar-refractivity contribution is 0.0939. The van der Waals surface area contributed by atoms with Crippen molar-refractivity contribution in [2.75, 3.05) is 20.2 Å². The highest BCUT2D eigenvalue weighted by atomic mass is 32.2. The van der Waals surface area contributed by atoms with Gasteiger partial charge in [0.05, 0.1) is 18.0 Å². The second-order valence-corrected chi connectivity index (χ2v) is 11.2. The van der Waals surface area contributed by atoms with Gasteiger partial charge in [-0.3, -0.25) is 4.79 Å². The molecule has 0 bridgehead atoms. The summed E-state index contributed by atoms with van der Waals surface area (Å²) in [5, 5.41) is 3.07. The first-order chi connectivity index (χ1) is 15.6. The van der Waals surface area contributed by atoms with Crippen molar-refractivity contribution in [2.45, 2.75) is 70.7 Å². The summed E-state index contributed by atoms with van der Waals surface area (Å²) >= 11 is 0. The van der Waals surface area contributed by atoms with Gasteiger partial charge in [-0.15, -0.1) is 0 Å². The van der Waals surface area contributed by atoms with Crippen LogP contribution in [0.1, 0.15) is 84.6 Å². The molecule has 0 radical (unpaired) electrons. The number of piperidine rings is 1. The molecule has 1 unspecified atom stereocenters. The molecule has 180 valence electrons. The van der Waals surface area contributed by atoms with Gasteiger partial charge in [0.15, 0.2) is 0 Å². The number of benzene rings is 2. The molecule has 1 N–H and O–H groups in total. The Labute approximate surface area is 198 Å². The zero-order valence-electron chi connectivity index (χ0n) is 20.6. The normalized spacial score (nSPS) is 16.0. The molecule has 3 rings (SSSR count). The van der Waals surface area contributed by atoms with Gasteiger partial charge in [-0.25, -0.2) is 8.42 Å². The third-order valence-electron chi connectivity index (χ3n) is 6.46. The summed E-state index contributed by atoms with van der Waals surface area (Å²) in [4.78, 5) is 13.4. The molecular formula is C26H36N2O4S. The number of hydrogen-bond donors (Lipinski definition) is 1. The monoisotopic (exact) mass is 472 g/mol. The van der Waals surface area contributed by atoms with E-state index in [2.05, 4.69) is 25.2 Å². The van der Waals surface area contributed by atoms with Crippen LogP contribution in [0.4, 0.5) is 0 Å². The van der Waals surface area contributed by atoms with Crippen molar-refractivity contribution in [2.24, 2.45) is 0 Å². The summed E-state index contributed by atoms with van der Waals surface area (Å²) in [7, 11) is -1.94. The number of nitrogens with one attached hydrogen (secondary N) is 1. The number of carbonyl (C=O) groups excluding carboxylic acids is 1. The maximum absolute atomic E-state index is 13.2. The van der Waals surface area contributed by atoms with Gasteiger partial charge < -0.3 is 10.1 Å². The van der Waals surface area contributed by atoms with Crippen LogP contribution in [0.5, 0.6) is 5.75 Å². The Balaban J connectivity index is 1.87. The Hall–Kier alpha value is -2.38. The molecule has 0 aliphatic carbocycles. The molecule has 6 nitrogen and oxygen atoms in total. The second kappa shape index (κ2) is 10.3. The van der Waals surface area contributed by atoms with Crippen LogP contribution in [0.25, 0.3) is 0 Å². The summed E-state index contributed by atoms with van der Waals surface area (Å²) in [5.41, 5.74) is 4.26. The van der Waals surface area contributed by atoms with E-state index in [-0.39, 0.29) is 22.8 Å². The van der Waals surface area contributed by atoms with Crippen LogP contribution in [-0.2, 0) is 10.0 Å². The fourth-order valence-corrected chi connectivity index (χ4v) is 5.97. The van der Waals surface area contributed by atoms with Crippen molar-refractivity contribution < 1.29 is 17.9 Å². The van der Waals surface area contributed by atoms with Crippen LogP contribution in [0.15, 0.2) is 35.2 Å². The number of rotatable bonds is 7. The molecule has 1 aliphatic rings. The van der Waals surface area contributed by atoms with E-state index in [4.69, 9.17) is 4.74 Å². The van der Waals surface area contributed by atoms with Crippen molar-refractivity contribution in [3.05, 3.63) is 58.1 Å². The van der Waals surface area contributed by atoms with Gasteiger partial charge in [-0.05, 0) is 86.1 Å². The van der Waals surface area contributed by atoms with Crippen LogP contribution in [0.3, 0.4) is 0 Å². The highest BCUT2D eigenvalue weighted by molar-refractivity contribution is 7.89. The number of sulfonamides is 1. The number of ether oxygens (including phenoxy) is 1. The second-order valence-electron chi connectivity index (χ2n) is 9.24. The van der Waals surface area contributed by atoms with E-state index in [1.807, 2.05) is 26.8 Å². The molecule has 0 spiro atoms. The Kier molecular flexibility index (Phi) is 7.85. The third kappa shape index (κ3) is 5.41. The molecule has 1 aliphatic heterocycles. The Morgan fingerprint density at radius 2 is 1.64 bits per heavy atom. The van der Waals surface area contributed by atoms with E-state index in [1.54, 1.807) is 19.2 Å². The largest absolute Gasteiger partial charge is 0.496 e. The Morgan fingerprint density at radius 1 is 0.970 bits per heavy atom. The van der Waals surface area contributed by atoms with Crippen molar-refractivity contribution in [1.29, 1.82) is 0 Å². The lowest BCUT2D eigenvalue weighted by atomic mass is 9.93. The van der Waals surface area contributed by atoms with Crippen molar-refractivity contribution in [3.8, 4) is 5.75 Å². The van der Waals surface area contributed by atoms with Crippen LogP contribution < -0.4 is 10.1 Å². The van der Waals surface area contributed by atoms with E-state index >= 15 is 0 Å². The van der Waals surface area contributed by atoms with Gasteiger partial charge in [-0.1, -0.05) is 26.3 Å². The predicted octanol–water partition coefficient (Wildman–Crippen LogP) is 5.10. The fourth-order valence-electron chi connectivity index (χ4n) is 4.42. The summed E-state index contributed by atoms with van der Waals surface area (Å²) in [6, 6.07) is 8.68. The van der Waals surface area contributed by atoms with E-state index in [0.717, 1.165) is 47.3 Å². The van der Waals surface area contributed by atoms with E-state index < -0.39 is 10.0 Å². The van der Waals surface area contributed by atoms with E-state index in [0.29, 0.717) is 18.7 Å². The van der Waals surface area contributed by atoms with Crippen molar-refractivity contribution in [3.63, 3.8) is 0 Å². The Bertz CT molecular complexity index is 1120. The average Bonchev–Trinajstić information content (AvgIpc) is 2.79. The summed E-state index contributed by atoms with van der Waals surface area (Å²) in [5.74, 6) is 0.842. The topological polar surface area (TPSA) is 75.7 Å². The minimum absolute atomic E-state index is 0.176. The lowest BCUT2D eigenvalue weighted by Gasteiger charge is -2.26. The smallest absolute Gasteiger partial charge is 0.252 e. The number of nitrogens with zero attached hydrogens (tertiary/aromatic N) is 1. The number of carbonyl (C=O) groups is 1. The predicted molar refractivity (Wildman–Crippen MR) is 131 cm³/mol. The first-order valence-corrected chi connectivity index (χ1v) is 13.1. The SMILES string of the molecule is COc1cc(C)c(C(C)NC(=O)c2cc(S(=O)(=O)N3CCCCC3)ccc2C)cc1C(C)C. The number of hydrogen-bond acceptors (Lipinski definition) is 4. The molecule has 2 aromatic rings. The Morgan fingerprint density at radius 3 is 2.24 bits per heavy atom. The van der Waals surface area contributed by atoms with Gasteiger partial charge in [0, 0.05) is 18.7 Å². The standard InChI is InChI=1S/C26H36N2O4S/c1-17(2)22-16-23(19(4)14-25(22)32-6)20(5)27-26(29)24-15-21(11-10-18(24)3)33(30,31)28-12-8-7-9-13-28/h10-11,14-17,20H,7-9,12-13H2,1-6H3,(H,27,29). The van der Waals surface area contributed by atoms with Crippen LogP contribution in [0, 0.1) is 13.8 Å². The highest BCUT2D eigenvalue weighted by Crippen LogP contribution is 2.32. The molecule has 2 aromatic carbocycles. The number of amides is 1. The molecule has 33 heavy (non-hydrogen) atoms. The molecule has 1 atom stereocenters. The summed E-state index contributed by atoms with van der Waals surface area (Å²) < 4.78 is 33.3. The van der Waals surface area contributed by atoms with Crippen molar-refractivity contribution in [1.82, 2.24) is 9.62 Å². The number of aryl methyl sites for hydroxylation is 2. The zero-order valence-corrected chi connectivity index (χ0v) is 21.4. The molecule has 0 aromatic heterocycles. The third-order valence-corrected chi connectivity index (χ3v) is 8.36. The maximum atomic E-state index is 13.2. The fraction of sp³-hybridized carbons (Fsp3) is 0.500. The van der Waals surface area contributed by atoms with E-state index in [1.165, 1.54) is 10.4 Å². The molecule has 1 amide bonds. The first-order valence-electron chi connectivity index (χ1n) is 11.7. The van der Waals surface area contributed by atoms with Gasteiger partial charge >= 0.3 is 0 Å². The molecule has 1 heterocycles. The minimum atomic E-state index is -3.61. The molecule has 7 heteroatoms. The van der Waals surface area contributed by atoms with Gasteiger partial charge in [0.1, 0.15) is 5.75 Å². The molecule has 1 fully saturated rings. The van der Waals surface area contributed by atoms with Gasteiger partial charge in [0.2, 0.25) is 10.0 Å². The zero-order chi connectivity index (χ0) is 24.3. The molecule has 1 saturated heterocycles. The average molecular weight is 473 g/mol. The van der Waals surface area contributed by atoms with Crippen LogP contribution >= 0.6 is 0 Å². The minimum Gasteiger partial charge on any atom is -0.496 e. The van der Waals surface area contributed by atoms with E-state index in [9.17, 15) is 13.2 Å². The number of methoxy groups -OCH3 is 1. The molecular weight excluding hydrogens is 436 g/mol. The van der Waals surface area contributed by atoms with Crippen LogP contribution in [0.2, 0.25) is 0 Å². The quantitative estimate of drug-likeness (QED) is 0.608. The summed E-state index contributed by atoms with van der Waals surface area (Å²) in [6.07, 6.45) is 2.79. The highest BCUT2D eigenvalue weighted by Gasteiger charge is 2.27. The lowest BCUT2D eigenvalue weighted by Crippen LogP contribution is -2.36. The van der Waals surface area contributed by atoms with Crippen molar-refractivity contribution >= 4 is 15.9 Å². The summed E-state index contributed by atoms with van der Waals surface area (Å²) in [6.45, 7) is 11.1. The molecule has 0 saturated carbocycles. The first kappa shape index (κ1) is 25.2. The maximum Gasteiger partial charge on any atom is 0.252 e. The van der Waals surface area contributed by atoms with Crippen LogP contribution in [-0.4, -0.2) is 38.8 Å². The van der Waals surface area contributed by atoms with Gasteiger partial charge in [-0.2, -0.15) is 4.31 Å². The van der Waals surface area contributed by atoms with Gasteiger partial charge in [0.25, 0.3) is 5.91 Å².